The molecule has 0 spiro atoms. The van der Waals surface area contributed by atoms with Crippen molar-refractivity contribution in [3.8, 4) is 0 Å². The molecule has 2 saturated heterocycles. The van der Waals surface area contributed by atoms with Crippen molar-refractivity contribution in [2.45, 2.75) is 64.5 Å². The molecule has 2 heterocycles. The summed E-state index contributed by atoms with van der Waals surface area (Å²) in [6.45, 7) is 8.56. The smallest absolute Gasteiger partial charge is 0.0128 e. The highest BCUT2D eigenvalue weighted by Crippen LogP contribution is 2.32. The minimum Gasteiger partial charge on any atom is -0.317 e. The Labute approximate surface area is 101 Å². The first-order valence-electron chi connectivity index (χ1n) is 7.33. The number of piperidine rings is 1. The zero-order valence-corrected chi connectivity index (χ0v) is 11.0. The second-order valence-corrected chi connectivity index (χ2v) is 5.51. The summed E-state index contributed by atoms with van der Waals surface area (Å²) in [5.41, 5.74) is 0. The van der Waals surface area contributed by atoms with Crippen LogP contribution in [-0.4, -0.2) is 36.6 Å². The van der Waals surface area contributed by atoms with Gasteiger partial charge >= 0.3 is 0 Å². The van der Waals surface area contributed by atoms with E-state index >= 15 is 0 Å². The molecule has 0 saturated carbocycles. The lowest BCUT2D eigenvalue weighted by Gasteiger charge is -2.38. The summed E-state index contributed by atoms with van der Waals surface area (Å²) < 4.78 is 0. The van der Waals surface area contributed by atoms with E-state index in [1.807, 2.05) is 0 Å². The van der Waals surface area contributed by atoms with Crippen LogP contribution in [0.2, 0.25) is 0 Å². The molecule has 2 heteroatoms. The van der Waals surface area contributed by atoms with Gasteiger partial charge in [0.25, 0.3) is 0 Å². The molecule has 94 valence electrons. The molecule has 0 bridgehead atoms. The van der Waals surface area contributed by atoms with E-state index in [1.54, 1.807) is 0 Å². The standard InChI is InChI=1S/C14H28N2/c1-3-13(4-2)16-11-5-6-14(16)12-7-9-15-10-8-12/h12-15H,3-11H2,1-2H3. The number of nitrogens with zero attached hydrogens (tertiary/aromatic N) is 1. The van der Waals surface area contributed by atoms with Crippen molar-refractivity contribution < 1.29 is 0 Å². The molecule has 2 nitrogen and oxygen atoms in total. The van der Waals surface area contributed by atoms with E-state index in [1.165, 1.54) is 58.2 Å². The maximum Gasteiger partial charge on any atom is 0.0128 e. The van der Waals surface area contributed by atoms with Crippen molar-refractivity contribution >= 4 is 0 Å². The fourth-order valence-electron chi connectivity index (χ4n) is 3.76. The molecular formula is C14H28N2. The number of nitrogens with one attached hydrogen (secondary N) is 1. The summed E-state index contributed by atoms with van der Waals surface area (Å²) in [5.74, 6) is 0.976. The third-order valence-corrected chi connectivity index (χ3v) is 4.68. The quantitative estimate of drug-likeness (QED) is 0.790. The predicted molar refractivity (Wildman–Crippen MR) is 69.7 cm³/mol. The summed E-state index contributed by atoms with van der Waals surface area (Å²) in [4.78, 5) is 2.84. The minimum absolute atomic E-state index is 0.849. The Balaban J connectivity index is 1.96. The monoisotopic (exact) mass is 224 g/mol. The molecule has 16 heavy (non-hydrogen) atoms. The molecule has 2 fully saturated rings. The lowest BCUT2D eigenvalue weighted by Crippen LogP contribution is -2.45. The van der Waals surface area contributed by atoms with E-state index in [2.05, 4.69) is 24.1 Å². The fourth-order valence-corrected chi connectivity index (χ4v) is 3.76. The van der Waals surface area contributed by atoms with Gasteiger partial charge in [-0.3, -0.25) is 4.90 Å². The maximum atomic E-state index is 3.49. The molecular weight excluding hydrogens is 196 g/mol. The predicted octanol–water partition coefficient (Wildman–Crippen LogP) is 2.64. The van der Waals surface area contributed by atoms with Crippen LogP contribution in [-0.2, 0) is 0 Å². The molecule has 0 radical (unpaired) electrons. The molecule has 0 aromatic heterocycles. The van der Waals surface area contributed by atoms with Crippen LogP contribution in [0.4, 0.5) is 0 Å². The zero-order chi connectivity index (χ0) is 11.4. The molecule has 0 aromatic carbocycles. The fraction of sp³-hybridized carbons (Fsp3) is 1.00. The number of likely N-dealkylation sites (tertiary alicyclic amines) is 1. The summed E-state index contributed by atoms with van der Waals surface area (Å²) in [7, 11) is 0. The van der Waals surface area contributed by atoms with Gasteiger partial charge in [-0.05, 0) is 64.1 Å². The Morgan fingerprint density at radius 1 is 1.12 bits per heavy atom. The molecule has 2 rings (SSSR count). The van der Waals surface area contributed by atoms with Crippen LogP contribution in [0, 0.1) is 5.92 Å². The number of hydrogen-bond donors (Lipinski definition) is 1. The lowest BCUT2D eigenvalue weighted by molar-refractivity contribution is 0.111. The molecule has 2 aliphatic heterocycles. The van der Waals surface area contributed by atoms with Gasteiger partial charge in [0.05, 0.1) is 0 Å². The van der Waals surface area contributed by atoms with E-state index in [-0.39, 0.29) is 0 Å². The molecule has 1 unspecified atom stereocenters. The summed E-state index contributed by atoms with van der Waals surface area (Å²) in [6, 6.07) is 1.76. The third-order valence-electron chi connectivity index (χ3n) is 4.68. The van der Waals surface area contributed by atoms with Gasteiger partial charge in [0.2, 0.25) is 0 Å². The second kappa shape index (κ2) is 6.02. The molecule has 1 atom stereocenters. The average Bonchev–Trinajstić information content (AvgIpc) is 2.81. The topological polar surface area (TPSA) is 15.3 Å². The van der Waals surface area contributed by atoms with Gasteiger partial charge in [0.1, 0.15) is 0 Å². The molecule has 2 aliphatic rings. The first-order chi connectivity index (χ1) is 7.86. The highest BCUT2D eigenvalue weighted by Gasteiger charge is 2.34. The number of rotatable bonds is 4. The maximum absolute atomic E-state index is 3.49. The average molecular weight is 224 g/mol. The van der Waals surface area contributed by atoms with Crippen molar-refractivity contribution in [2.24, 2.45) is 5.92 Å². The molecule has 0 amide bonds. The van der Waals surface area contributed by atoms with E-state index in [9.17, 15) is 0 Å². The zero-order valence-electron chi connectivity index (χ0n) is 11.0. The summed E-state index contributed by atoms with van der Waals surface area (Å²) >= 11 is 0. The largest absolute Gasteiger partial charge is 0.317 e. The van der Waals surface area contributed by atoms with Gasteiger partial charge in [0.15, 0.2) is 0 Å². The van der Waals surface area contributed by atoms with E-state index in [4.69, 9.17) is 0 Å². The van der Waals surface area contributed by atoms with Crippen molar-refractivity contribution in [2.75, 3.05) is 19.6 Å². The summed E-state index contributed by atoms with van der Waals surface area (Å²) in [5, 5.41) is 3.49. The highest BCUT2D eigenvalue weighted by atomic mass is 15.2. The Bertz CT molecular complexity index is 195. The van der Waals surface area contributed by atoms with E-state index in [0.29, 0.717) is 0 Å². The lowest BCUT2D eigenvalue weighted by atomic mass is 9.88. The summed E-state index contributed by atoms with van der Waals surface area (Å²) in [6.07, 6.45) is 8.37. The third kappa shape index (κ3) is 2.60. The van der Waals surface area contributed by atoms with E-state index < -0.39 is 0 Å². The van der Waals surface area contributed by atoms with Crippen LogP contribution in [0.25, 0.3) is 0 Å². The highest BCUT2D eigenvalue weighted by molar-refractivity contribution is 4.90. The van der Waals surface area contributed by atoms with Crippen molar-refractivity contribution in [1.29, 1.82) is 0 Å². The van der Waals surface area contributed by atoms with Crippen LogP contribution >= 0.6 is 0 Å². The van der Waals surface area contributed by atoms with Crippen molar-refractivity contribution in [3.05, 3.63) is 0 Å². The van der Waals surface area contributed by atoms with Gasteiger partial charge < -0.3 is 5.32 Å². The van der Waals surface area contributed by atoms with Gasteiger partial charge in [-0.15, -0.1) is 0 Å². The van der Waals surface area contributed by atoms with E-state index in [0.717, 1.165) is 18.0 Å². The van der Waals surface area contributed by atoms with Crippen LogP contribution in [0.3, 0.4) is 0 Å². The van der Waals surface area contributed by atoms with Crippen molar-refractivity contribution in [3.63, 3.8) is 0 Å². The van der Waals surface area contributed by atoms with Gasteiger partial charge in [-0.25, -0.2) is 0 Å². The van der Waals surface area contributed by atoms with Crippen molar-refractivity contribution in [1.82, 2.24) is 10.2 Å². The molecule has 0 aliphatic carbocycles. The first kappa shape index (κ1) is 12.4. The Kier molecular flexibility index (Phi) is 4.66. The van der Waals surface area contributed by atoms with Gasteiger partial charge in [0, 0.05) is 12.1 Å². The Hall–Kier alpha value is -0.0800. The minimum atomic E-state index is 0.849. The Morgan fingerprint density at radius 3 is 2.44 bits per heavy atom. The number of hydrogen-bond acceptors (Lipinski definition) is 2. The second-order valence-electron chi connectivity index (χ2n) is 5.51. The van der Waals surface area contributed by atoms with Crippen LogP contribution in [0.15, 0.2) is 0 Å². The molecule has 0 aromatic rings. The van der Waals surface area contributed by atoms with Gasteiger partial charge in [-0.1, -0.05) is 13.8 Å². The van der Waals surface area contributed by atoms with Gasteiger partial charge in [-0.2, -0.15) is 0 Å². The Morgan fingerprint density at radius 2 is 1.81 bits per heavy atom. The normalized spacial score (nSPS) is 29.1. The van der Waals surface area contributed by atoms with Crippen LogP contribution in [0.5, 0.6) is 0 Å². The SMILES string of the molecule is CCC(CC)N1CCCC1C1CCNCC1. The van der Waals surface area contributed by atoms with Crippen LogP contribution in [0.1, 0.15) is 52.4 Å². The first-order valence-corrected chi connectivity index (χ1v) is 7.33. The van der Waals surface area contributed by atoms with Crippen LogP contribution < -0.4 is 5.32 Å². The molecule has 1 N–H and O–H groups in total.